The van der Waals surface area contributed by atoms with Gasteiger partial charge in [-0.3, -0.25) is 4.79 Å². The van der Waals surface area contributed by atoms with Crippen molar-refractivity contribution in [3.63, 3.8) is 0 Å². The van der Waals surface area contributed by atoms with Crippen LogP contribution in [-0.2, 0) is 9.53 Å². The third kappa shape index (κ3) is 8.35. The van der Waals surface area contributed by atoms with Crippen LogP contribution in [0.1, 0.15) is 32.6 Å². The smallest absolute Gasteiger partial charge is 0.315 e. The summed E-state index contributed by atoms with van der Waals surface area (Å²) in [4.78, 5) is 10.7. The van der Waals surface area contributed by atoms with Gasteiger partial charge >= 0.3 is 5.97 Å². The standard InChI is InChI=1S/C10H19FO2S/c1-3-5-9(11)6-4-7-14-8-10(12)13-2/h9H,3-8H2,1-2H3. The van der Waals surface area contributed by atoms with Gasteiger partial charge < -0.3 is 4.74 Å². The summed E-state index contributed by atoms with van der Waals surface area (Å²) in [7, 11) is 1.38. The summed E-state index contributed by atoms with van der Waals surface area (Å²) in [5.74, 6) is 1.00. The van der Waals surface area contributed by atoms with Crippen LogP contribution in [-0.4, -0.2) is 30.8 Å². The van der Waals surface area contributed by atoms with Crippen molar-refractivity contribution < 1.29 is 13.9 Å². The van der Waals surface area contributed by atoms with Crippen molar-refractivity contribution in [1.29, 1.82) is 0 Å². The predicted molar refractivity (Wildman–Crippen MR) is 58.4 cm³/mol. The zero-order valence-corrected chi connectivity index (χ0v) is 9.74. The van der Waals surface area contributed by atoms with Crippen molar-refractivity contribution in [2.45, 2.75) is 38.8 Å². The van der Waals surface area contributed by atoms with E-state index in [1.807, 2.05) is 6.92 Å². The molecule has 0 fully saturated rings. The second kappa shape index (κ2) is 9.31. The number of halogens is 1. The molecule has 0 saturated heterocycles. The first kappa shape index (κ1) is 13.8. The van der Waals surface area contributed by atoms with Crippen LogP contribution >= 0.6 is 11.8 Å². The molecule has 0 radical (unpaired) electrons. The number of rotatable bonds is 8. The Labute approximate surface area is 89.6 Å². The Bertz CT molecular complexity index is 153. The molecular weight excluding hydrogens is 203 g/mol. The van der Waals surface area contributed by atoms with E-state index in [1.165, 1.54) is 18.9 Å². The van der Waals surface area contributed by atoms with E-state index in [2.05, 4.69) is 4.74 Å². The number of alkyl halides is 1. The van der Waals surface area contributed by atoms with E-state index in [0.29, 0.717) is 18.6 Å². The molecule has 84 valence electrons. The second-order valence-corrected chi connectivity index (χ2v) is 4.26. The molecule has 0 saturated carbocycles. The molecule has 0 aliphatic heterocycles. The van der Waals surface area contributed by atoms with E-state index >= 15 is 0 Å². The van der Waals surface area contributed by atoms with Crippen LogP contribution in [0.3, 0.4) is 0 Å². The average Bonchev–Trinajstić information content (AvgIpc) is 2.17. The SMILES string of the molecule is CCCC(F)CCCSCC(=O)OC. The van der Waals surface area contributed by atoms with Crippen molar-refractivity contribution in [3.8, 4) is 0 Å². The highest BCUT2D eigenvalue weighted by molar-refractivity contribution is 7.99. The molecule has 0 rings (SSSR count). The van der Waals surface area contributed by atoms with Crippen molar-refractivity contribution in [2.24, 2.45) is 0 Å². The number of ether oxygens (including phenoxy) is 1. The molecule has 0 amide bonds. The summed E-state index contributed by atoms with van der Waals surface area (Å²) < 4.78 is 17.4. The lowest BCUT2D eigenvalue weighted by Gasteiger charge is -2.05. The maximum Gasteiger partial charge on any atom is 0.315 e. The highest BCUT2D eigenvalue weighted by Crippen LogP contribution is 2.12. The van der Waals surface area contributed by atoms with Gasteiger partial charge in [0.05, 0.1) is 12.9 Å². The summed E-state index contributed by atoms with van der Waals surface area (Å²) in [6.07, 6.45) is 2.34. The van der Waals surface area contributed by atoms with E-state index in [1.54, 1.807) is 0 Å². The molecule has 0 aromatic carbocycles. The van der Waals surface area contributed by atoms with Gasteiger partial charge in [0.2, 0.25) is 0 Å². The lowest BCUT2D eigenvalue weighted by atomic mass is 10.1. The van der Waals surface area contributed by atoms with Gasteiger partial charge in [-0.2, -0.15) is 11.8 Å². The number of esters is 1. The highest BCUT2D eigenvalue weighted by Gasteiger charge is 2.05. The first-order valence-electron chi connectivity index (χ1n) is 4.99. The number of carbonyl (C=O) groups is 1. The van der Waals surface area contributed by atoms with Crippen LogP contribution in [0.25, 0.3) is 0 Å². The molecule has 4 heteroatoms. The summed E-state index contributed by atoms with van der Waals surface area (Å²) in [6, 6.07) is 0. The Morgan fingerprint density at radius 2 is 2.21 bits per heavy atom. The number of hydrogen-bond donors (Lipinski definition) is 0. The molecule has 14 heavy (non-hydrogen) atoms. The van der Waals surface area contributed by atoms with Crippen LogP contribution in [0.2, 0.25) is 0 Å². The number of carbonyl (C=O) groups excluding carboxylic acids is 1. The first-order valence-corrected chi connectivity index (χ1v) is 6.14. The van der Waals surface area contributed by atoms with Gasteiger partial charge in [-0.05, 0) is 25.0 Å². The Kier molecular flexibility index (Phi) is 9.14. The summed E-state index contributed by atoms with van der Waals surface area (Å²) in [5.41, 5.74) is 0. The van der Waals surface area contributed by atoms with Gasteiger partial charge in [0.25, 0.3) is 0 Å². The van der Waals surface area contributed by atoms with Crippen LogP contribution in [0.5, 0.6) is 0 Å². The minimum atomic E-state index is -0.668. The normalized spacial score (nSPS) is 12.5. The number of methoxy groups -OCH3 is 1. The summed E-state index contributed by atoms with van der Waals surface area (Å²) >= 11 is 1.50. The Morgan fingerprint density at radius 1 is 1.50 bits per heavy atom. The van der Waals surface area contributed by atoms with E-state index in [-0.39, 0.29) is 5.97 Å². The van der Waals surface area contributed by atoms with E-state index in [9.17, 15) is 9.18 Å². The molecule has 0 aliphatic rings. The van der Waals surface area contributed by atoms with Crippen LogP contribution in [0.4, 0.5) is 4.39 Å². The van der Waals surface area contributed by atoms with Gasteiger partial charge in [-0.25, -0.2) is 4.39 Å². The van der Waals surface area contributed by atoms with E-state index in [4.69, 9.17) is 0 Å². The zero-order chi connectivity index (χ0) is 10.8. The second-order valence-electron chi connectivity index (χ2n) is 3.16. The molecule has 0 N–H and O–H groups in total. The lowest BCUT2D eigenvalue weighted by molar-refractivity contribution is -0.137. The maximum atomic E-state index is 13.0. The molecular formula is C10H19FO2S. The third-order valence-corrected chi connectivity index (χ3v) is 2.87. The molecule has 0 aromatic heterocycles. The molecule has 0 aliphatic carbocycles. The predicted octanol–water partition coefficient (Wildman–Crippen LogP) is 2.81. The van der Waals surface area contributed by atoms with Gasteiger partial charge in [-0.15, -0.1) is 0 Å². The quantitative estimate of drug-likeness (QED) is 0.466. The fraction of sp³-hybridized carbons (Fsp3) is 0.900. The molecule has 2 nitrogen and oxygen atoms in total. The fourth-order valence-electron chi connectivity index (χ4n) is 1.08. The first-order chi connectivity index (χ1) is 6.70. The van der Waals surface area contributed by atoms with Gasteiger partial charge in [0.1, 0.15) is 6.17 Å². The van der Waals surface area contributed by atoms with Gasteiger partial charge in [0, 0.05) is 0 Å². The van der Waals surface area contributed by atoms with Crippen molar-refractivity contribution in [2.75, 3.05) is 18.6 Å². The van der Waals surface area contributed by atoms with Crippen LogP contribution in [0, 0.1) is 0 Å². The minimum Gasteiger partial charge on any atom is -0.468 e. The van der Waals surface area contributed by atoms with E-state index < -0.39 is 6.17 Å². The lowest BCUT2D eigenvalue weighted by Crippen LogP contribution is -2.04. The third-order valence-electron chi connectivity index (χ3n) is 1.86. The number of thioether (sulfide) groups is 1. The topological polar surface area (TPSA) is 26.3 Å². The van der Waals surface area contributed by atoms with Crippen LogP contribution in [0.15, 0.2) is 0 Å². The van der Waals surface area contributed by atoms with Gasteiger partial charge in [-0.1, -0.05) is 13.3 Å². The van der Waals surface area contributed by atoms with Crippen molar-refractivity contribution in [3.05, 3.63) is 0 Å². The summed E-state index contributed by atoms with van der Waals surface area (Å²) in [6.45, 7) is 1.98. The minimum absolute atomic E-state index is 0.208. The molecule has 0 bridgehead atoms. The van der Waals surface area contributed by atoms with Crippen LogP contribution < -0.4 is 0 Å². The molecule has 1 atom stereocenters. The summed E-state index contributed by atoms with van der Waals surface area (Å²) in [5, 5.41) is 0. The molecule has 1 unspecified atom stereocenters. The zero-order valence-electron chi connectivity index (χ0n) is 8.92. The monoisotopic (exact) mass is 222 g/mol. The Morgan fingerprint density at radius 3 is 2.79 bits per heavy atom. The average molecular weight is 222 g/mol. The molecule has 0 aromatic rings. The number of hydrogen-bond acceptors (Lipinski definition) is 3. The van der Waals surface area contributed by atoms with Crippen molar-refractivity contribution in [1.82, 2.24) is 0 Å². The fourth-order valence-corrected chi connectivity index (χ4v) is 1.88. The molecule has 0 heterocycles. The molecule has 0 spiro atoms. The highest BCUT2D eigenvalue weighted by atomic mass is 32.2. The Hall–Kier alpha value is -0.250. The largest absolute Gasteiger partial charge is 0.468 e. The van der Waals surface area contributed by atoms with Crippen molar-refractivity contribution >= 4 is 17.7 Å². The maximum absolute atomic E-state index is 13.0. The van der Waals surface area contributed by atoms with E-state index in [0.717, 1.165) is 18.6 Å². The Balaban J connectivity index is 3.17. The van der Waals surface area contributed by atoms with Gasteiger partial charge in [0.15, 0.2) is 0 Å².